The van der Waals surface area contributed by atoms with Crippen LogP contribution in [0.3, 0.4) is 0 Å². The summed E-state index contributed by atoms with van der Waals surface area (Å²) in [6.45, 7) is 6.10. The van der Waals surface area contributed by atoms with Gasteiger partial charge in [-0.3, -0.25) is 4.79 Å². The van der Waals surface area contributed by atoms with Gasteiger partial charge in [-0.05, 0) is 47.4 Å². The Morgan fingerprint density at radius 2 is 1.57 bits per heavy atom. The molecule has 2 rings (SSSR count). The van der Waals surface area contributed by atoms with Crippen LogP contribution < -0.4 is 11.1 Å². The van der Waals surface area contributed by atoms with Gasteiger partial charge in [-0.2, -0.15) is 0 Å². The van der Waals surface area contributed by atoms with Gasteiger partial charge >= 0.3 is 0 Å². The second-order valence-electron chi connectivity index (χ2n) is 6.45. The molecule has 3 N–H and O–H groups in total. The summed E-state index contributed by atoms with van der Waals surface area (Å²) < 4.78 is 13.1. The van der Waals surface area contributed by atoms with Crippen molar-refractivity contribution in [2.45, 2.75) is 26.8 Å². The molecule has 0 bridgehead atoms. The van der Waals surface area contributed by atoms with E-state index in [9.17, 15) is 9.18 Å². The lowest BCUT2D eigenvalue weighted by Crippen LogP contribution is -2.36. The van der Waals surface area contributed by atoms with Gasteiger partial charge in [0.15, 0.2) is 0 Å². The van der Waals surface area contributed by atoms with E-state index >= 15 is 0 Å². The minimum absolute atomic E-state index is 0. The summed E-state index contributed by atoms with van der Waals surface area (Å²) in [7, 11) is 0. The highest BCUT2D eigenvalue weighted by Gasteiger charge is 2.28. The van der Waals surface area contributed by atoms with Crippen LogP contribution in [0.25, 0.3) is 0 Å². The standard InChI is InChI=1S/C18H21FN2O.ClH/c1-18(2,3)16(12-4-8-14(19)9-5-12)21-17(22)13-6-10-15(20)11-7-13;/h4-11,16H,20H2,1-3H3,(H,21,22);1H. The molecule has 3 nitrogen and oxygen atoms in total. The molecule has 23 heavy (non-hydrogen) atoms. The number of nitrogens with one attached hydrogen (secondary N) is 1. The average molecular weight is 337 g/mol. The minimum Gasteiger partial charge on any atom is -0.399 e. The van der Waals surface area contributed by atoms with Gasteiger partial charge in [-0.1, -0.05) is 32.9 Å². The maximum absolute atomic E-state index is 13.1. The predicted molar refractivity (Wildman–Crippen MR) is 94.2 cm³/mol. The summed E-state index contributed by atoms with van der Waals surface area (Å²) in [6.07, 6.45) is 0. The zero-order valence-electron chi connectivity index (χ0n) is 13.5. The zero-order chi connectivity index (χ0) is 16.3. The number of benzene rings is 2. The van der Waals surface area contributed by atoms with Crippen molar-refractivity contribution in [1.82, 2.24) is 5.32 Å². The molecule has 0 radical (unpaired) electrons. The fourth-order valence-electron chi connectivity index (χ4n) is 2.30. The molecule has 0 heterocycles. The number of hydrogen-bond acceptors (Lipinski definition) is 2. The molecule has 1 unspecified atom stereocenters. The first kappa shape index (κ1) is 19.0. The van der Waals surface area contributed by atoms with Crippen molar-refractivity contribution in [2.75, 3.05) is 5.73 Å². The van der Waals surface area contributed by atoms with Crippen molar-refractivity contribution in [1.29, 1.82) is 0 Å². The van der Waals surface area contributed by atoms with E-state index < -0.39 is 0 Å². The number of anilines is 1. The van der Waals surface area contributed by atoms with Crippen molar-refractivity contribution in [2.24, 2.45) is 5.41 Å². The Hall–Kier alpha value is -2.07. The summed E-state index contributed by atoms with van der Waals surface area (Å²) in [5.41, 5.74) is 7.46. The van der Waals surface area contributed by atoms with Gasteiger partial charge < -0.3 is 11.1 Å². The number of carbonyl (C=O) groups excluding carboxylic acids is 1. The highest BCUT2D eigenvalue weighted by Crippen LogP contribution is 2.33. The molecular weight excluding hydrogens is 315 g/mol. The van der Waals surface area contributed by atoms with Crippen LogP contribution in [-0.4, -0.2) is 5.91 Å². The van der Waals surface area contributed by atoms with Crippen molar-refractivity contribution in [3.05, 3.63) is 65.5 Å². The maximum Gasteiger partial charge on any atom is 0.251 e. The van der Waals surface area contributed by atoms with Gasteiger partial charge in [0.25, 0.3) is 5.91 Å². The molecule has 1 atom stereocenters. The van der Waals surface area contributed by atoms with Crippen LogP contribution in [-0.2, 0) is 0 Å². The lowest BCUT2D eigenvalue weighted by Gasteiger charge is -2.32. The van der Waals surface area contributed by atoms with Crippen LogP contribution in [0.1, 0.15) is 42.7 Å². The van der Waals surface area contributed by atoms with Crippen molar-refractivity contribution < 1.29 is 9.18 Å². The Morgan fingerprint density at radius 3 is 2.04 bits per heavy atom. The first-order valence-electron chi connectivity index (χ1n) is 7.19. The number of amides is 1. The fourth-order valence-corrected chi connectivity index (χ4v) is 2.30. The summed E-state index contributed by atoms with van der Waals surface area (Å²) >= 11 is 0. The van der Waals surface area contributed by atoms with E-state index in [1.54, 1.807) is 36.4 Å². The number of nitrogens with two attached hydrogens (primary N) is 1. The van der Waals surface area contributed by atoms with Gasteiger partial charge in [0, 0.05) is 11.3 Å². The SMILES string of the molecule is CC(C)(C)C(NC(=O)c1ccc(N)cc1)c1ccc(F)cc1.Cl. The number of rotatable bonds is 3. The first-order valence-corrected chi connectivity index (χ1v) is 7.19. The maximum atomic E-state index is 13.1. The van der Waals surface area contributed by atoms with E-state index in [1.165, 1.54) is 12.1 Å². The molecule has 0 fully saturated rings. The Bertz CT molecular complexity index is 648. The van der Waals surface area contributed by atoms with E-state index in [0.717, 1.165) is 5.56 Å². The molecule has 0 aliphatic rings. The van der Waals surface area contributed by atoms with Crippen molar-refractivity contribution >= 4 is 24.0 Å². The van der Waals surface area contributed by atoms with Gasteiger partial charge in [0.05, 0.1) is 6.04 Å². The second-order valence-corrected chi connectivity index (χ2v) is 6.45. The summed E-state index contributed by atoms with van der Waals surface area (Å²) in [5, 5.41) is 3.03. The normalized spacial score (nSPS) is 12.2. The molecule has 1 amide bonds. The lowest BCUT2D eigenvalue weighted by molar-refractivity contribution is 0.0902. The molecule has 5 heteroatoms. The largest absolute Gasteiger partial charge is 0.399 e. The van der Waals surface area contributed by atoms with Gasteiger partial charge in [-0.25, -0.2) is 4.39 Å². The van der Waals surface area contributed by atoms with E-state index in [2.05, 4.69) is 5.32 Å². The Labute approximate surface area is 142 Å². The van der Waals surface area contributed by atoms with Crippen LogP contribution in [0.4, 0.5) is 10.1 Å². The van der Waals surface area contributed by atoms with Gasteiger partial charge in [-0.15, -0.1) is 12.4 Å². The predicted octanol–water partition coefficient (Wildman–Crippen LogP) is 4.35. The Balaban J connectivity index is 0.00000264. The van der Waals surface area contributed by atoms with Crippen molar-refractivity contribution in [3.8, 4) is 0 Å². The van der Waals surface area contributed by atoms with Crippen LogP contribution in [0.15, 0.2) is 48.5 Å². The van der Waals surface area contributed by atoms with Gasteiger partial charge in [0.1, 0.15) is 5.82 Å². The summed E-state index contributed by atoms with van der Waals surface area (Å²) in [4.78, 5) is 12.4. The molecule has 0 aliphatic heterocycles. The number of nitrogen functional groups attached to an aromatic ring is 1. The van der Waals surface area contributed by atoms with Crippen LogP contribution >= 0.6 is 12.4 Å². The summed E-state index contributed by atoms with van der Waals surface area (Å²) in [6, 6.07) is 12.8. The third kappa shape index (κ3) is 4.96. The van der Waals surface area contributed by atoms with E-state index in [0.29, 0.717) is 11.3 Å². The average Bonchev–Trinajstić information content (AvgIpc) is 2.45. The second kappa shape index (κ2) is 7.47. The quantitative estimate of drug-likeness (QED) is 0.819. The third-order valence-electron chi connectivity index (χ3n) is 3.52. The number of halogens is 2. The van der Waals surface area contributed by atoms with Crippen LogP contribution in [0, 0.1) is 11.2 Å². The smallest absolute Gasteiger partial charge is 0.251 e. The molecule has 0 saturated carbocycles. The zero-order valence-corrected chi connectivity index (χ0v) is 14.3. The van der Waals surface area contributed by atoms with E-state index in [-0.39, 0.29) is 35.6 Å². The lowest BCUT2D eigenvalue weighted by atomic mass is 9.82. The van der Waals surface area contributed by atoms with E-state index in [1.807, 2.05) is 20.8 Å². The molecule has 0 saturated heterocycles. The molecule has 124 valence electrons. The Morgan fingerprint density at radius 1 is 1.04 bits per heavy atom. The van der Waals surface area contributed by atoms with Gasteiger partial charge in [0.2, 0.25) is 0 Å². The Kier molecular flexibility index (Phi) is 6.16. The molecule has 0 spiro atoms. The number of hydrogen-bond donors (Lipinski definition) is 2. The minimum atomic E-state index is -0.290. The monoisotopic (exact) mass is 336 g/mol. The molecule has 0 aromatic heterocycles. The highest BCUT2D eigenvalue weighted by molar-refractivity contribution is 5.94. The van der Waals surface area contributed by atoms with Crippen molar-refractivity contribution in [3.63, 3.8) is 0 Å². The first-order chi connectivity index (χ1) is 10.3. The topological polar surface area (TPSA) is 55.1 Å². The molecule has 2 aromatic carbocycles. The van der Waals surface area contributed by atoms with Crippen LogP contribution in [0.2, 0.25) is 0 Å². The third-order valence-corrected chi connectivity index (χ3v) is 3.52. The fraction of sp³-hybridized carbons (Fsp3) is 0.278. The molecule has 2 aromatic rings. The molecule has 0 aliphatic carbocycles. The number of carbonyl (C=O) groups is 1. The van der Waals surface area contributed by atoms with E-state index in [4.69, 9.17) is 5.73 Å². The summed E-state index contributed by atoms with van der Waals surface area (Å²) in [5.74, 6) is -0.467. The van der Waals surface area contributed by atoms with Crippen LogP contribution in [0.5, 0.6) is 0 Å². The highest BCUT2D eigenvalue weighted by atomic mass is 35.5. The molecular formula is C18H22ClFN2O.